The molecule has 6 heteroatoms. The number of rotatable bonds is 3. The van der Waals surface area contributed by atoms with Crippen molar-refractivity contribution < 1.29 is 9.18 Å². The maximum atomic E-state index is 13.0. The number of pyridine rings is 1. The van der Waals surface area contributed by atoms with Gasteiger partial charge in [-0.2, -0.15) is 9.49 Å². The number of hydrogen-bond donors (Lipinski definition) is 2. The van der Waals surface area contributed by atoms with Gasteiger partial charge in [-0.1, -0.05) is 12.1 Å². The number of amides is 1. The van der Waals surface area contributed by atoms with E-state index in [1.54, 1.807) is 18.3 Å². The van der Waals surface area contributed by atoms with Gasteiger partial charge in [-0.25, -0.2) is 4.98 Å². The van der Waals surface area contributed by atoms with Crippen molar-refractivity contribution in [1.82, 2.24) is 15.2 Å². The van der Waals surface area contributed by atoms with Crippen molar-refractivity contribution in [2.75, 3.05) is 5.32 Å². The summed E-state index contributed by atoms with van der Waals surface area (Å²) in [6, 6.07) is 11.7. The molecule has 0 saturated heterocycles. The number of carbonyl (C=O) groups is 1. The highest BCUT2D eigenvalue weighted by Crippen LogP contribution is 2.19. The number of H-pyrrole nitrogens is 1. The fraction of sp³-hybridized carbons (Fsp3) is 0. The molecule has 0 fully saturated rings. The van der Waals surface area contributed by atoms with Crippen molar-refractivity contribution in [2.24, 2.45) is 0 Å². The summed E-state index contributed by atoms with van der Waals surface area (Å²) in [4.78, 5) is 15.4. The summed E-state index contributed by atoms with van der Waals surface area (Å²) < 4.78 is 13.0. The van der Waals surface area contributed by atoms with Crippen molar-refractivity contribution in [3.63, 3.8) is 0 Å². The van der Waals surface area contributed by atoms with Crippen molar-refractivity contribution in [3.8, 4) is 11.3 Å². The molecule has 0 unspecified atom stereocenters. The second-order valence-corrected chi connectivity index (χ2v) is 4.37. The lowest BCUT2D eigenvalue weighted by atomic mass is 10.1. The van der Waals surface area contributed by atoms with Crippen molar-refractivity contribution in [3.05, 3.63) is 66.4 Å². The number of nitrogens with one attached hydrogen (secondary N) is 2. The minimum Gasteiger partial charge on any atom is -0.322 e. The van der Waals surface area contributed by atoms with E-state index in [1.165, 1.54) is 12.3 Å². The van der Waals surface area contributed by atoms with E-state index < -0.39 is 5.95 Å². The molecule has 0 atom stereocenters. The van der Waals surface area contributed by atoms with Crippen LogP contribution in [0.4, 0.5) is 10.1 Å². The number of anilines is 1. The molecule has 3 aromatic rings. The van der Waals surface area contributed by atoms with Crippen molar-refractivity contribution in [1.29, 1.82) is 0 Å². The Morgan fingerprint density at radius 3 is 2.57 bits per heavy atom. The molecule has 1 amide bonds. The van der Waals surface area contributed by atoms with Gasteiger partial charge in [0.25, 0.3) is 5.91 Å². The lowest BCUT2D eigenvalue weighted by molar-refractivity contribution is 0.102. The highest BCUT2D eigenvalue weighted by atomic mass is 19.1. The van der Waals surface area contributed by atoms with Crippen LogP contribution in [0.15, 0.2) is 54.9 Å². The SMILES string of the molecule is O=C(Nc1ccc(-c2ccn[nH]2)cc1)c1ccnc(F)c1. The molecule has 21 heavy (non-hydrogen) atoms. The van der Waals surface area contributed by atoms with Crippen LogP contribution in [0.1, 0.15) is 10.4 Å². The molecule has 0 spiro atoms. The molecule has 0 aliphatic heterocycles. The van der Waals surface area contributed by atoms with E-state index >= 15 is 0 Å². The average Bonchev–Trinajstić information content (AvgIpc) is 3.02. The zero-order valence-electron chi connectivity index (χ0n) is 10.9. The molecule has 0 saturated carbocycles. The Labute approximate surface area is 119 Å². The number of halogens is 1. The molecule has 104 valence electrons. The predicted octanol–water partition coefficient (Wildman–Crippen LogP) is 2.86. The van der Waals surface area contributed by atoms with Crippen LogP contribution < -0.4 is 5.32 Å². The number of benzene rings is 1. The van der Waals surface area contributed by atoms with Gasteiger partial charge in [0.15, 0.2) is 0 Å². The second kappa shape index (κ2) is 5.54. The van der Waals surface area contributed by atoms with Gasteiger partial charge >= 0.3 is 0 Å². The van der Waals surface area contributed by atoms with E-state index in [9.17, 15) is 9.18 Å². The average molecular weight is 282 g/mol. The standard InChI is InChI=1S/C15H11FN4O/c16-14-9-11(5-7-17-14)15(21)19-12-3-1-10(2-4-12)13-6-8-18-20-13/h1-9H,(H,18,20)(H,19,21). The topological polar surface area (TPSA) is 70.7 Å². The van der Waals surface area contributed by atoms with Crippen LogP contribution in [0, 0.1) is 5.95 Å². The summed E-state index contributed by atoms with van der Waals surface area (Å²) in [5, 5.41) is 9.44. The van der Waals surface area contributed by atoms with E-state index in [-0.39, 0.29) is 11.5 Å². The predicted molar refractivity (Wildman–Crippen MR) is 76.2 cm³/mol. The Balaban J connectivity index is 1.75. The smallest absolute Gasteiger partial charge is 0.255 e. The Kier molecular flexibility index (Phi) is 3.42. The summed E-state index contributed by atoms with van der Waals surface area (Å²) in [7, 11) is 0. The maximum absolute atomic E-state index is 13.0. The highest BCUT2D eigenvalue weighted by molar-refractivity contribution is 6.04. The van der Waals surface area contributed by atoms with Gasteiger partial charge in [0, 0.05) is 29.7 Å². The van der Waals surface area contributed by atoms with Crippen LogP contribution in [-0.2, 0) is 0 Å². The fourth-order valence-electron chi connectivity index (χ4n) is 1.90. The number of hydrogen-bond acceptors (Lipinski definition) is 3. The van der Waals surface area contributed by atoms with E-state index in [0.717, 1.165) is 17.3 Å². The van der Waals surface area contributed by atoms with Crippen LogP contribution in [-0.4, -0.2) is 21.1 Å². The summed E-state index contributed by atoms with van der Waals surface area (Å²) >= 11 is 0. The van der Waals surface area contributed by atoms with E-state index in [0.29, 0.717) is 5.69 Å². The molecule has 0 radical (unpaired) electrons. The first-order chi connectivity index (χ1) is 10.2. The maximum Gasteiger partial charge on any atom is 0.255 e. The fourth-order valence-corrected chi connectivity index (χ4v) is 1.90. The summed E-state index contributed by atoms with van der Waals surface area (Å²) in [6.07, 6.45) is 2.93. The lowest BCUT2D eigenvalue weighted by Crippen LogP contribution is -2.12. The summed E-state index contributed by atoms with van der Waals surface area (Å²) in [6.45, 7) is 0. The molecule has 2 N–H and O–H groups in total. The van der Waals surface area contributed by atoms with Gasteiger partial charge in [-0.15, -0.1) is 0 Å². The number of carbonyl (C=O) groups excluding carboxylic acids is 1. The van der Waals surface area contributed by atoms with Crippen molar-refractivity contribution >= 4 is 11.6 Å². The first kappa shape index (κ1) is 13.0. The van der Waals surface area contributed by atoms with Gasteiger partial charge in [0.1, 0.15) is 0 Å². The van der Waals surface area contributed by atoms with Gasteiger partial charge in [0.2, 0.25) is 5.95 Å². The first-order valence-corrected chi connectivity index (χ1v) is 6.25. The molecule has 0 aliphatic carbocycles. The Bertz CT molecular complexity index is 754. The monoisotopic (exact) mass is 282 g/mol. The highest BCUT2D eigenvalue weighted by Gasteiger charge is 2.07. The van der Waals surface area contributed by atoms with Crippen LogP contribution in [0.2, 0.25) is 0 Å². The Morgan fingerprint density at radius 1 is 1.10 bits per heavy atom. The minimum atomic E-state index is -0.683. The largest absolute Gasteiger partial charge is 0.322 e. The van der Waals surface area contributed by atoms with E-state index in [2.05, 4.69) is 20.5 Å². The van der Waals surface area contributed by atoms with Crippen LogP contribution >= 0.6 is 0 Å². The molecular formula is C15H11FN4O. The molecule has 0 bridgehead atoms. The van der Waals surface area contributed by atoms with Crippen LogP contribution in [0.3, 0.4) is 0 Å². The Morgan fingerprint density at radius 2 is 1.90 bits per heavy atom. The van der Waals surface area contributed by atoms with Gasteiger partial charge in [0.05, 0.1) is 5.69 Å². The van der Waals surface area contributed by atoms with E-state index in [4.69, 9.17) is 0 Å². The normalized spacial score (nSPS) is 10.3. The molecule has 0 aliphatic rings. The number of nitrogens with zero attached hydrogens (tertiary/aromatic N) is 2. The van der Waals surface area contributed by atoms with Gasteiger partial charge in [-0.05, 0) is 29.8 Å². The van der Waals surface area contributed by atoms with Crippen LogP contribution in [0.25, 0.3) is 11.3 Å². The third kappa shape index (κ3) is 2.94. The summed E-state index contributed by atoms with van der Waals surface area (Å²) in [5.41, 5.74) is 2.70. The zero-order valence-corrected chi connectivity index (χ0v) is 10.9. The molecule has 1 aromatic carbocycles. The van der Waals surface area contributed by atoms with E-state index in [1.807, 2.05) is 18.2 Å². The number of aromatic amines is 1. The quantitative estimate of drug-likeness (QED) is 0.726. The first-order valence-electron chi connectivity index (χ1n) is 6.25. The molecule has 5 nitrogen and oxygen atoms in total. The van der Waals surface area contributed by atoms with Crippen molar-refractivity contribution in [2.45, 2.75) is 0 Å². The number of aromatic nitrogens is 3. The molecular weight excluding hydrogens is 271 g/mol. The third-order valence-electron chi connectivity index (χ3n) is 2.94. The van der Waals surface area contributed by atoms with Crippen LogP contribution in [0.5, 0.6) is 0 Å². The second-order valence-electron chi connectivity index (χ2n) is 4.37. The molecule has 2 heterocycles. The molecule has 3 rings (SSSR count). The lowest BCUT2D eigenvalue weighted by Gasteiger charge is -2.06. The Hall–Kier alpha value is -3.02. The van der Waals surface area contributed by atoms with Gasteiger partial charge < -0.3 is 5.32 Å². The summed E-state index contributed by atoms with van der Waals surface area (Å²) in [5.74, 6) is -1.07. The molecule has 2 aromatic heterocycles. The third-order valence-corrected chi connectivity index (χ3v) is 2.94. The van der Waals surface area contributed by atoms with Gasteiger partial charge in [-0.3, -0.25) is 9.89 Å². The minimum absolute atomic E-state index is 0.222. The zero-order chi connectivity index (χ0) is 14.7.